The Morgan fingerprint density at radius 2 is 1.63 bits per heavy atom. The fourth-order valence-corrected chi connectivity index (χ4v) is 3.19. The number of nitrogens with zero attached hydrogens (tertiary/aromatic N) is 1. The van der Waals surface area contributed by atoms with Gasteiger partial charge >= 0.3 is 17.3 Å². The van der Waals surface area contributed by atoms with Crippen LogP contribution in [-0.4, -0.2) is 29.2 Å². The lowest BCUT2D eigenvalue weighted by Gasteiger charge is -2.06. The largest absolute Gasteiger partial charge is 0.338 e. The minimum atomic E-state index is -1.53. The lowest BCUT2D eigenvalue weighted by molar-refractivity contribution is 0.240. The molecule has 3 N–H and O–H groups in total. The van der Waals surface area contributed by atoms with Gasteiger partial charge in [0.25, 0.3) is 0 Å². The second-order valence-corrected chi connectivity index (χ2v) is 7.53. The van der Waals surface area contributed by atoms with Crippen molar-refractivity contribution in [3.8, 4) is 0 Å². The van der Waals surface area contributed by atoms with E-state index in [9.17, 15) is 9.00 Å². The van der Waals surface area contributed by atoms with Crippen molar-refractivity contribution < 1.29 is 13.3 Å². The van der Waals surface area contributed by atoms with E-state index in [1.807, 2.05) is 0 Å². The topological polar surface area (TPSA) is 91.8 Å². The number of urea groups is 1. The highest BCUT2D eigenvalue weighted by Gasteiger charge is 2.11. The summed E-state index contributed by atoms with van der Waals surface area (Å²) < 4.78 is 19.3. The first kappa shape index (κ1) is 23.6. The number of carbonyl (C=O) groups excluding carboxylic acids is 1. The van der Waals surface area contributed by atoms with E-state index in [0.717, 1.165) is 64.5 Å². The zero-order valence-electron chi connectivity index (χ0n) is 16.6. The van der Waals surface area contributed by atoms with E-state index >= 15 is 0 Å². The van der Waals surface area contributed by atoms with Gasteiger partial charge in [-0.1, -0.05) is 44.8 Å². The average Bonchev–Trinajstić information content (AvgIpc) is 3.08. The van der Waals surface area contributed by atoms with Crippen LogP contribution in [0.25, 0.3) is 0 Å². The zero-order chi connectivity index (χ0) is 19.6. The summed E-state index contributed by atoms with van der Waals surface area (Å²) in [7, 11) is 0. The van der Waals surface area contributed by atoms with Gasteiger partial charge in [0, 0.05) is 19.5 Å². The summed E-state index contributed by atoms with van der Waals surface area (Å²) in [6, 6.07) is -0.0433. The molecule has 7 nitrogen and oxygen atoms in total. The predicted octanol–water partition coefficient (Wildman–Crippen LogP) is 4.05. The molecular formula is C19H36N4O3S. The summed E-state index contributed by atoms with van der Waals surface area (Å²) in [5.74, 6) is 0.691. The number of amides is 2. The minimum Gasteiger partial charge on any atom is -0.338 e. The Morgan fingerprint density at radius 3 is 2.26 bits per heavy atom. The first-order chi connectivity index (χ1) is 13.2. The summed E-state index contributed by atoms with van der Waals surface area (Å²) >= 11 is -1.53. The molecule has 1 heterocycles. The van der Waals surface area contributed by atoms with Crippen molar-refractivity contribution in [3.05, 3.63) is 12.2 Å². The summed E-state index contributed by atoms with van der Waals surface area (Å²) in [5, 5.41) is 5.78. The molecule has 1 unspecified atom stereocenters. The van der Waals surface area contributed by atoms with Gasteiger partial charge in [-0.2, -0.15) is 4.28 Å². The normalized spacial score (nSPS) is 16.3. The van der Waals surface area contributed by atoms with E-state index in [1.54, 1.807) is 0 Å². The van der Waals surface area contributed by atoms with Crippen molar-refractivity contribution in [1.82, 2.24) is 16.1 Å². The van der Waals surface area contributed by atoms with Gasteiger partial charge in [0.1, 0.15) is 5.84 Å². The summed E-state index contributed by atoms with van der Waals surface area (Å²) in [5.41, 5.74) is 2.58. The second kappa shape index (κ2) is 16.7. The molecule has 0 fully saturated rings. The number of allylic oxidation sites excluding steroid dienone is 2. The molecule has 0 aromatic rings. The van der Waals surface area contributed by atoms with Crippen LogP contribution >= 0.6 is 0 Å². The van der Waals surface area contributed by atoms with Crippen LogP contribution in [0.5, 0.6) is 0 Å². The van der Waals surface area contributed by atoms with Gasteiger partial charge in [0.15, 0.2) is 0 Å². The number of carbonyl (C=O) groups is 1. The maximum Gasteiger partial charge on any atom is 0.314 e. The number of hydroxylamine groups is 1. The third-order valence-corrected chi connectivity index (χ3v) is 4.86. The van der Waals surface area contributed by atoms with Crippen LogP contribution in [-0.2, 0) is 15.6 Å². The van der Waals surface area contributed by atoms with E-state index in [1.165, 1.54) is 25.7 Å². The Balaban J connectivity index is 1.79. The molecule has 0 saturated heterocycles. The van der Waals surface area contributed by atoms with Crippen LogP contribution in [0.15, 0.2) is 16.5 Å². The molecule has 1 aliphatic heterocycles. The van der Waals surface area contributed by atoms with E-state index in [-0.39, 0.29) is 6.03 Å². The SMILES string of the molecule is CCCCCNC(=O)NCCCC/C=C\CCCCCCC1=NS(=O)ON1. The fraction of sp³-hybridized carbons (Fsp3) is 0.789. The number of hydrogen-bond acceptors (Lipinski definition) is 4. The van der Waals surface area contributed by atoms with Gasteiger partial charge in [0.2, 0.25) is 0 Å². The van der Waals surface area contributed by atoms with E-state index in [0.29, 0.717) is 5.84 Å². The highest BCUT2D eigenvalue weighted by atomic mass is 32.2. The Hall–Kier alpha value is -1.41. The van der Waals surface area contributed by atoms with E-state index in [2.05, 4.69) is 43.9 Å². The number of unbranched alkanes of at least 4 members (excludes halogenated alkanes) is 8. The van der Waals surface area contributed by atoms with Gasteiger partial charge in [-0.25, -0.2) is 14.5 Å². The number of amidine groups is 1. The minimum absolute atomic E-state index is 0.0433. The average molecular weight is 401 g/mol. The van der Waals surface area contributed by atoms with Gasteiger partial charge in [0.05, 0.1) is 0 Å². The Bertz CT molecular complexity index is 484. The van der Waals surface area contributed by atoms with Gasteiger partial charge < -0.3 is 10.6 Å². The molecule has 0 aromatic carbocycles. The van der Waals surface area contributed by atoms with Crippen LogP contribution < -0.4 is 16.1 Å². The molecule has 0 aliphatic carbocycles. The molecule has 0 spiro atoms. The lowest BCUT2D eigenvalue weighted by atomic mass is 10.1. The summed E-state index contributed by atoms with van der Waals surface area (Å²) in [4.78, 5) is 11.5. The quantitative estimate of drug-likeness (QED) is 0.269. The fourth-order valence-electron chi connectivity index (χ4n) is 2.68. The first-order valence-electron chi connectivity index (χ1n) is 10.3. The summed E-state index contributed by atoms with van der Waals surface area (Å²) in [6.45, 7) is 3.66. The van der Waals surface area contributed by atoms with Crippen molar-refractivity contribution in [3.63, 3.8) is 0 Å². The molecule has 27 heavy (non-hydrogen) atoms. The third kappa shape index (κ3) is 14.3. The van der Waals surface area contributed by atoms with Crippen molar-refractivity contribution >= 4 is 23.1 Å². The molecular weight excluding hydrogens is 364 g/mol. The van der Waals surface area contributed by atoms with E-state index in [4.69, 9.17) is 0 Å². The van der Waals surface area contributed by atoms with Gasteiger partial charge in [-0.05, 0) is 44.9 Å². The van der Waals surface area contributed by atoms with Gasteiger partial charge in [-0.15, -0.1) is 4.40 Å². The predicted molar refractivity (Wildman–Crippen MR) is 111 cm³/mol. The maximum atomic E-state index is 11.5. The third-order valence-electron chi connectivity index (χ3n) is 4.27. The highest BCUT2D eigenvalue weighted by molar-refractivity contribution is 7.79. The lowest BCUT2D eigenvalue weighted by Crippen LogP contribution is -2.36. The van der Waals surface area contributed by atoms with Crippen molar-refractivity contribution in [2.75, 3.05) is 13.1 Å². The van der Waals surface area contributed by atoms with Crippen LogP contribution in [0.2, 0.25) is 0 Å². The number of rotatable bonds is 16. The van der Waals surface area contributed by atoms with Crippen LogP contribution in [0, 0.1) is 0 Å². The summed E-state index contributed by atoms with van der Waals surface area (Å²) in [6.07, 6.45) is 17.6. The van der Waals surface area contributed by atoms with Crippen molar-refractivity contribution in [2.24, 2.45) is 4.40 Å². The van der Waals surface area contributed by atoms with Crippen molar-refractivity contribution in [2.45, 2.75) is 84.0 Å². The molecule has 0 bridgehead atoms. The molecule has 1 aliphatic rings. The molecule has 0 aromatic heterocycles. The molecule has 1 rings (SSSR count). The molecule has 8 heteroatoms. The molecule has 156 valence electrons. The molecule has 0 saturated carbocycles. The smallest absolute Gasteiger partial charge is 0.314 e. The highest BCUT2D eigenvalue weighted by Crippen LogP contribution is 2.09. The second-order valence-electron chi connectivity index (χ2n) is 6.75. The number of hydrogen-bond donors (Lipinski definition) is 3. The molecule has 0 radical (unpaired) electrons. The molecule has 2 amide bonds. The van der Waals surface area contributed by atoms with Crippen molar-refractivity contribution in [1.29, 1.82) is 0 Å². The van der Waals surface area contributed by atoms with Crippen LogP contribution in [0.3, 0.4) is 0 Å². The number of nitrogens with one attached hydrogen (secondary N) is 3. The van der Waals surface area contributed by atoms with Gasteiger partial charge in [-0.3, -0.25) is 0 Å². The van der Waals surface area contributed by atoms with Crippen LogP contribution in [0.1, 0.15) is 84.0 Å². The maximum absolute atomic E-state index is 11.5. The Labute approximate surface area is 166 Å². The standard InChI is InChI=1S/C19H36N4O3S/c1-2-3-13-16-20-19(24)21-17-14-11-9-7-5-4-6-8-10-12-15-18-22-26-27(25)23-18/h5,7H,2-4,6,8-17H2,1H3,(H,22,23)(H2,20,21,24)/b7-5-. The Morgan fingerprint density at radius 1 is 1.00 bits per heavy atom. The monoisotopic (exact) mass is 400 g/mol. The zero-order valence-corrected chi connectivity index (χ0v) is 17.5. The first-order valence-corrected chi connectivity index (χ1v) is 11.3. The van der Waals surface area contributed by atoms with E-state index < -0.39 is 11.3 Å². The van der Waals surface area contributed by atoms with Crippen LogP contribution in [0.4, 0.5) is 4.79 Å². The Kier molecular flexibility index (Phi) is 14.7. The molecule has 1 atom stereocenters.